The van der Waals surface area contributed by atoms with Gasteiger partial charge in [-0.25, -0.2) is 0 Å². The molecule has 0 unspecified atom stereocenters. The number of carbonyl (C=O) groups excluding carboxylic acids is 1. The summed E-state index contributed by atoms with van der Waals surface area (Å²) in [4.78, 5) is 11.1. The second kappa shape index (κ2) is 5.69. The van der Waals surface area contributed by atoms with Gasteiger partial charge in [0.1, 0.15) is 0 Å². The lowest BCUT2D eigenvalue weighted by Crippen LogP contribution is -2.11. The number of amides is 1. The lowest BCUT2D eigenvalue weighted by atomic mass is 10.2. The normalized spacial score (nSPS) is 10.1. The Labute approximate surface area is 114 Å². The number of benzene rings is 2. The summed E-state index contributed by atoms with van der Waals surface area (Å²) < 4.78 is 1.06. The van der Waals surface area contributed by atoms with E-state index in [1.54, 1.807) is 12.1 Å². The minimum absolute atomic E-state index is 0.415. The minimum Gasteiger partial charge on any atom is -0.381 e. The van der Waals surface area contributed by atoms with E-state index in [1.165, 1.54) is 5.56 Å². The molecule has 92 valence electrons. The van der Waals surface area contributed by atoms with Crippen molar-refractivity contribution in [3.05, 3.63) is 64.1 Å². The molecule has 0 radical (unpaired) electrons. The maximum absolute atomic E-state index is 11.1. The van der Waals surface area contributed by atoms with E-state index in [2.05, 4.69) is 21.2 Å². The molecule has 0 aliphatic carbocycles. The molecule has 0 saturated carbocycles. The third-order valence-corrected chi connectivity index (χ3v) is 3.09. The highest BCUT2D eigenvalue weighted by Crippen LogP contribution is 2.14. The number of hydrogen-bond donors (Lipinski definition) is 2. The standard InChI is InChI=1S/C14H13BrN2O/c15-12-6-4-10(5-7-12)9-17-13-3-1-2-11(8-13)14(16)18/h1-8,17H,9H2,(H2,16,18). The quantitative estimate of drug-likeness (QED) is 0.911. The first kappa shape index (κ1) is 12.6. The maximum atomic E-state index is 11.1. The fourth-order valence-corrected chi connectivity index (χ4v) is 1.85. The van der Waals surface area contributed by atoms with Crippen LogP contribution >= 0.6 is 15.9 Å². The fourth-order valence-electron chi connectivity index (χ4n) is 1.59. The fraction of sp³-hybridized carbons (Fsp3) is 0.0714. The first-order valence-electron chi connectivity index (χ1n) is 5.53. The summed E-state index contributed by atoms with van der Waals surface area (Å²) in [6.07, 6.45) is 0. The van der Waals surface area contributed by atoms with Crippen LogP contribution in [0.25, 0.3) is 0 Å². The number of primary amides is 1. The second-order valence-corrected chi connectivity index (χ2v) is 4.84. The van der Waals surface area contributed by atoms with E-state index in [0.29, 0.717) is 12.1 Å². The van der Waals surface area contributed by atoms with Gasteiger partial charge >= 0.3 is 0 Å². The molecular weight excluding hydrogens is 292 g/mol. The van der Waals surface area contributed by atoms with Crippen molar-refractivity contribution in [3.8, 4) is 0 Å². The Bertz CT molecular complexity index is 552. The van der Waals surface area contributed by atoms with Crippen LogP contribution in [0.15, 0.2) is 53.0 Å². The average Bonchev–Trinajstić information content (AvgIpc) is 2.38. The molecule has 3 nitrogen and oxygen atoms in total. The highest BCUT2D eigenvalue weighted by Gasteiger charge is 2.01. The molecule has 0 aliphatic heterocycles. The molecule has 18 heavy (non-hydrogen) atoms. The van der Waals surface area contributed by atoms with Crippen LogP contribution in [0.4, 0.5) is 5.69 Å². The molecule has 0 spiro atoms. The van der Waals surface area contributed by atoms with Crippen LogP contribution in [0.1, 0.15) is 15.9 Å². The van der Waals surface area contributed by atoms with Crippen LogP contribution in [0.2, 0.25) is 0 Å². The van der Waals surface area contributed by atoms with Gasteiger partial charge in [-0.2, -0.15) is 0 Å². The van der Waals surface area contributed by atoms with Gasteiger partial charge in [-0.05, 0) is 35.9 Å². The molecule has 0 saturated heterocycles. The van der Waals surface area contributed by atoms with E-state index in [0.717, 1.165) is 10.2 Å². The lowest BCUT2D eigenvalue weighted by molar-refractivity contribution is 0.100. The lowest BCUT2D eigenvalue weighted by Gasteiger charge is -2.07. The predicted molar refractivity (Wildman–Crippen MR) is 76.4 cm³/mol. The van der Waals surface area contributed by atoms with Crippen molar-refractivity contribution in [2.75, 3.05) is 5.32 Å². The Hall–Kier alpha value is -1.81. The predicted octanol–water partition coefficient (Wildman–Crippen LogP) is 3.16. The van der Waals surface area contributed by atoms with E-state index < -0.39 is 5.91 Å². The van der Waals surface area contributed by atoms with Crippen LogP contribution < -0.4 is 11.1 Å². The molecule has 4 heteroatoms. The van der Waals surface area contributed by atoms with Gasteiger partial charge in [0, 0.05) is 22.3 Å². The average molecular weight is 305 g/mol. The SMILES string of the molecule is NC(=O)c1cccc(NCc2ccc(Br)cc2)c1. The zero-order valence-corrected chi connectivity index (χ0v) is 11.3. The zero-order valence-electron chi connectivity index (χ0n) is 9.69. The Kier molecular flexibility index (Phi) is 3.99. The minimum atomic E-state index is -0.415. The summed E-state index contributed by atoms with van der Waals surface area (Å²) in [5, 5.41) is 3.25. The molecule has 0 aliphatic rings. The summed E-state index contributed by atoms with van der Waals surface area (Å²) in [7, 11) is 0. The van der Waals surface area contributed by atoms with Gasteiger partial charge in [0.15, 0.2) is 0 Å². The number of rotatable bonds is 4. The van der Waals surface area contributed by atoms with Crippen molar-refractivity contribution >= 4 is 27.5 Å². The van der Waals surface area contributed by atoms with Gasteiger partial charge < -0.3 is 11.1 Å². The molecule has 0 aromatic heterocycles. The Balaban J connectivity index is 2.04. The summed E-state index contributed by atoms with van der Waals surface area (Å²) in [5.41, 5.74) is 7.80. The maximum Gasteiger partial charge on any atom is 0.248 e. The monoisotopic (exact) mass is 304 g/mol. The first-order valence-corrected chi connectivity index (χ1v) is 6.32. The van der Waals surface area contributed by atoms with Gasteiger partial charge in [0.05, 0.1) is 0 Å². The van der Waals surface area contributed by atoms with Crippen molar-refractivity contribution in [1.82, 2.24) is 0 Å². The van der Waals surface area contributed by atoms with Gasteiger partial charge in [-0.15, -0.1) is 0 Å². The molecule has 1 amide bonds. The Morgan fingerprint density at radius 1 is 1.17 bits per heavy atom. The molecule has 2 aromatic rings. The molecule has 0 fully saturated rings. The number of hydrogen-bond acceptors (Lipinski definition) is 2. The van der Waals surface area contributed by atoms with Gasteiger partial charge in [-0.1, -0.05) is 34.1 Å². The van der Waals surface area contributed by atoms with Crippen LogP contribution in [-0.4, -0.2) is 5.91 Å². The topological polar surface area (TPSA) is 55.1 Å². The van der Waals surface area contributed by atoms with Crippen LogP contribution in [-0.2, 0) is 6.54 Å². The van der Waals surface area contributed by atoms with Crippen molar-refractivity contribution < 1.29 is 4.79 Å². The van der Waals surface area contributed by atoms with Gasteiger partial charge in [-0.3, -0.25) is 4.79 Å². The smallest absolute Gasteiger partial charge is 0.248 e. The molecule has 0 atom stereocenters. The van der Waals surface area contributed by atoms with Crippen molar-refractivity contribution in [2.45, 2.75) is 6.54 Å². The summed E-state index contributed by atoms with van der Waals surface area (Å²) >= 11 is 3.40. The van der Waals surface area contributed by atoms with Crippen LogP contribution in [0.5, 0.6) is 0 Å². The number of nitrogens with two attached hydrogens (primary N) is 1. The van der Waals surface area contributed by atoms with E-state index in [-0.39, 0.29) is 0 Å². The molecular formula is C14H13BrN2O. The third-order valence-electron chi connectivity index (χ3n) is 2.56. The van der Waals surface area contributed by atoms with Crippen LogP contribution in [0, 0.1) is 0 Å². The third kappa shape index (κ3) is 3.34. The number of carbonyl (C=O) groups is 1. The summed E-state index contributed by atoms with van der Waals surface area (Å²) in [5.74, 6) is -0.415. The van der Waals surface area contributed by atoms with E-state index in [9.17, 15) is 4.79 Å². The molecule has 0 bridgehead atoms. The first-order chi connectivity index (χ1) is 8.65. The van der Waals surface area contributed by atoms with Gasteiger partial charge in [0.2, 0.25) is 5.91 Å². The van der Waals surface area contributed by atoms with Gasteiger partial charge in [0.25, 0.3) is 0 Å². The molecule has 3 N–H and O–H groups in total. The van der Waals surface area contributed by atoms with Crippen molar-refractivity contribution in [3.63, 3.8) is 0 Å². The number of anilines is 1. The van der Waals surface area contributed by atoms with Crippen LogP contribution in [0.3, 0.4) is 0 Å². The van der Waals surface area contributed by atoms with E-state index in [4.69, 9.17) is 5.73 Å². The highest BCUT2D eigenvalue weighted by atomic mass is 79.9. The van der Waals surface area contributed by atoms with Crippen molar-refractivity contribution in [2.24, 2.45) is 5.73 Å². The number of halogens is 1. The van der Waals surface area contributed by atoms with Crippen molar-refractivity contribution in [1.29, 1.82) is 0 Å². The van der Waals surface area contributed by atoms with E-state index >= 15 is 0 Å². The molecule has 2 rings (SSSR count). The molecule has 0 heterocycles. The summed E-state index contributed by atoms with van der Waals surface area (Å²) in [6.45, 7) is 0.704. The zero-order chi connectivity index (χ0) is 13.0. The Morgan fingerprint density at radius 3 is 2.56 bits per heavy atom. The number of nitrogens with one attached hydrogen (secondary N) is 1. The van der Waals surface area contributed by atoms with E-state index in [1.807, 2.05) is 36.4 Å². The summed E-state index contributed by atoms with van der Waals surface area (Å²) in [6, 6.07) is 15.2. The highest BCUT2D eigenvalue weighted by molar-refractivity contribution is 9.10. The second-order valence-electron chi connectivity index (χ2n) is 3.93. The Morgan fingerprint density at radius 2 is 1.89 bits per heavy atom. The largest absolute Gasteiger partial charge is 0.381 e. The molecule has 2 aromatic carbocycles.